The molecule has 0 radical (unpaired) electrons. The summed E-state index contributed by atoms with van der Waals surface area (Å²) in [5.74, 6) is 0.719. The molecule has 3 aromatic rings. The van der Waals surface area contributed by atoms with Crippen molar-refractivity contribution in [3.8, 4) is 17.2 Å². The van der Waals surface area contributed by atoms with Gasteiger partial charge in [0, 0.05) is 67.6 Å². The maximum Gasteiger partial charge on any atom is 0.245 e. The van der Waals surface area contributed by atoms with Gasteiger partial charge in [-0.25, -0.2) is 4.98 Å². The number of rotatable bonds is 3. The SMILES string of the molecule is C=CC(=O)N1CC2(CCN(c3nc4c(c(-c5c(C)ccc6[nH]ncc56)c3C#N)CO[C@]3(CCOC3)C4)C2)C1. The van der Waals surface area contributed by atoms with Gasteiger partial charge in [0.05, 0.1) is 36.2 Å². The van der Waals surface area contributed by atoms with E-state index in [1.807, 2.05) is 17.2 Å². The monoisotopic (exact) mass is 510 g/mol. The summed E-state index contributed by atoms with van der Waals surface area (Å²) in [5, 5.41) is 19.0. The summed E-state index contributed by atoms with van der Waals surface area (Å²) in [5.41, 5.74) is 6.16. The Morgan fingerprint density at radius 1 is 1.26 bits per heavy atom. The molecule has 194 valence electrons. The van der Waals surface area contributed by atoms with E-state index in [2.05, 4.69) is 40.7 Å². The van der Waals surface area contributed by atoms with Crippen molar-refractivity contribution in [2.24, 2.45) is 5.41 Å². The van der Waals surface area contributed by atoms with E-state index in [0.29, 0.717) is 31.8 Å². The Balaban J connectivity index is 1.37. The molecule has 0 unspecified atom stereocenters. The third kappa shape index (κ3) is 3.40. The maximum absolute atomic E-state index is 12.1. The summed E-state index contributed by atoms with van der Waals surface area (Å²) in [6.07, 6.45) is 5.69. The number of pyridine rings is 1. The summed E-state index contributed by atoms with van der Waals surface area (Å²) >= 11 is 0. The molecule has 2 spiro atoms. The van der Waals surface area contributed by atoms with E-state index in [0.717, 1.165) is 83.7 Å². The molecule has 4 aliphatic rings. The van der Waals surface area contributed by atoms with E-state index >= 15 is 0 Å². The second-order valence-electron chi connectivity index (χ2n) is 11.3. The van der Waals surface area contributed by atoms with E-state index < -0.39 is 0 Å². The van der Waals surface area contributed by atoms with Gasteiger partial charge in [0.2, 0.25) is 5.91 Å². The molecular formula is C29H30N6O3. The van der Waals surface area contributed by atoms with Gasteiger partial charge < -0.3 is 19.3 Å². The molecule has 9 heteroatoms. The standard InChI is InChI=1S/C29H30N6O3/c1-3-24(36)35-15-28(16-35)6-8-34(14-28)27-19(11-30)26(25-18(2)4-5-22-20(25)12-31-33-22)21-13-38-29(7-9-37-17-29)10-23(21)32-27/h3-5,12H,1,6-10,13-17H2,2H3,(H,31,33)/t29-/m1/s1. The maximum atomic E-state index is 12.1. The number of amides is 1. The lowest BCUT2D eigenvalue weighted by atomic mass is 9.79. The third-order valence-electron chi connectivity index (χ3n) is 8.92. The Morgan fingerprint density at radius 2 is 2.13 bits per heavy atom. The van der Waals surface area contributed by atoms with Crippen LogP contribution in [0.2, 0.25) is 0 Å². The van der Waals surface area contributed by atoms with E-state index in [4.69, 9.17) is 14.5 Å². The van der Waals surface area contributed by atoms with Crippen LogP contribution in [0.4, 0.5) is 5.82 Å². The van der Waals surface area contributed by atoms with Crippen LogP contribution in [0.3, 0.4) is 0 Å². The molecule has 1 aromatic carbocycles. The van der Waals surface area contributed by atoms with Crippen molar-refractivity contribution in [2.45, 2.75) is 38.4 Å². The van der Waals surface area contributed by atoms with Gasteiger partial charge in [-0.3, -0.25) is 9.89 Å². The molecule has 1 atom stereocenters. The molecule has 9 nitrogen and oxygen atoms in total. The fourth-order valence-corrected chi connectivity index (χ4v) is 6.87. The van der Waals surface area contributed by atoms with Gasteiger partial charge in [0.15, 0.2) is 0 Å². The summed E-state index contributed by atoms with van der Waals surface area (Å²) < 4.78 is 12.2. The number of hydrogen-bond acceptors (Lipinski definition) is 7. The van der Waals surface area contributed by atoms with Crippen molar-refractivity contribution in [3.63, 3.8) is 0 Å². The van der Waals surface area contributed by atoms with Gasteiger partial charge >= 0.3 is 0 Å². The Labute approximate surface area is 221 Å². The second-order valence-corrected chi connectivity index (χ2v) is 11.3. The number of nitrogens with one attached hydrogen (secondary N) is 1. The molecule has 6 heterocycles. The highest BCUT2D eigenvalue weighted by molar-refractivity contribution is 5.99. The van der Waals surface area contributed by atoms with Gasteiger partial charge in [-0.1, -0.05) is 12.6 Å². The van der Waals surface area contributed by atoms with Crippen LogP contribution in [0, 0.1) is 23.7 Å². The smallest absolute Gasteiger partial charge is 0.245 e. The van der Waals surface area contributed by atoms with Crippen LogP contribution in [0.5, 0.6) is 0 Å². The molecular weight excluding hydrogens is 480 g/mol. The number of H-pyrrole nitrogens is 1. The Morgan fingerprint density at radius 3 is 2.89 bits per heavy atom. The highest BCUT2D eigenvalue weighted by Gasteiger charge is 2.50. The first-order valence-electron chi connectivity index (χ1n) is 13.2. The van der Waals surface area contributed by atoms with Gasteiger partial charge in [0.25, 0.3) is 0 Å². The molecule has 7 rings (SSSR count). The number of aromatic nitrogens is 3. The Kier molecular flexibility index (Phi) is 5.16. The molecule has 4 aliphatic heterocycles. The van der Waals surface area contributed by atoms with Gasteiger partial charge in [-0.15, -0.1) is 0 Å². The number of anilines is 1. The van der Waals surface area contributed by atoms with Gasteiger partial charge in [0.1, 0.15) is 17.5 Å². The Hall–Kier alpha value is -3.74. The van der Waals surface area contributed by atoms with Crippen LogP contribution >= 0.6 is 0 Å². The topological polar surface area (TPSA) is 107 Å². The average Bonchev–Trinajstić information content (AvgIpc) is 3.66. The minimum absolute atomic E-state index is 0.0197. The molecule has 2 aromatic heterocycles. The van der Waals surface area contributed by atoms with Crippen LogP contribution in [-0.4, -0.2) is 71.0 Å². The lowest BCUT2D eigenvalue weighted by molar-refractivity contribution is -0.136. The largest absolute Gasteiger partial charge is 0.378 e. The van der Waals surface area contributed by atoms with Crippen molar-refractivity contribution in [1.82, 2.24) is 20.1 Å². The van der Waals surface area contributed by atoms with Crippen LogP contribution in [0.15, 0.2) is 31.0 Å². The number of carbonyl (C=O) groups excluding carboxylic acids is 1. The number of benzene rings is 1. The molecule has 1 amide bonds. The Bertz CT molecular complexity index is 1520. The minimum atomic E-state index is -0.356. The molecule has 3 saturated heterocycles. The fraction of sp³-hybridized carbons (Fsp3) is 0.448. The number of fused-ring (bicyclic) bond motifs is 2. The molecule has 1 N–H and O–H groups in total. The minimum Gasteiger partial charge on any atom is -0.378 e. The zero-order valence-electron chi connectivity index (χ0n) is 21.5. The van der Waals surface area contributed by atoms with E-state index in [-0.39, 0.29) is 16.9 Å². The van der Waals surface area contributed by atoms with Crippen molar-refractivity contribution in [1.29, 1.82) is 5.26 Å². The number of aryl methyl sites for hydroxylation is 1. The highest BCUT2D eigenvalue weighted by atomic mass is 16.6. The lowest BCUT2D eigenvalue weighted by Crippen LogP contribution is -2.59. The molecule has 0 saturated carbocycles. The number of likely N-dealkylation sites (tertiary alicyclic amines) is 1. The third-order valence-corrected chi connectivity index (χ3v) is 8.92. The lowest BCUT2D eigenvalue weighted by Gasteiger charge is -2.47. The van der Waals surface area contributed by atoms with E-state index in [1.54, 1.807) is 0 Å². The average molecular weight is 511 g/mol. The zero-order chi connectivity index (χ0) is 26.1. The first-order chi connectivity index (χ1) is 18.4. The van der Waals surface area contributed by atoms with E-state index in [1.165, 1.54) is 6.08 Å². The van der Waals surface area contributed by atoms with E-state index in [9.17, 15) is 10.1 Å². The van der Waals surface area contributed by atoms with Crippen LogP contribution in [0.25, 0.3) is 22.0 Å². The molecule has 3 fully saturated rings. The summed E-state index contributed by atoms with van der Waals surface area (Å²) in [7, 11) is 0. The number of carbonyl (C=O) groups is 1. The number of hydrogen-bond donors (Lipinski definition) is 1. The zero-order valence-corrected chi connectivity index (χ0v) is 21.5. The molecule has 0 bridgehead atoms. The highest BCUT2D eigenvalue weighted by Crippen LogP contribution is 2.47. The van der Waals surface area contributed by atoms with Gasteiger partial charge in [-0.05, 0) is 36.6 Å². The first kappa shape index (κ1) is 23.4. The number of aromatic amines is 1. The summed E-state index contributed by atoms with van der Waals surface area (Å²) in [4.78, 5) is 21.4. The van der Waals surface area contributed by atoms with Crippen molar-refractivity contribution >= 4 is 22.6 Å². The van der Waals surface area contributed by atoms with Crippen molar-refractivity contribution in [3.05, 3.63) is 53.4 Å². The molecule has 0 aliphatic carbocycles. The number of nitriles is 1. The second kappa shape index (κ2) is 8.38. The predicted octanol–water partition coefficient (Wildman–Crippen LogP) is 3.26. The quantitative estimate of drug-likeness (QED) is 0.539. The first-order valence-corrected chi connectivity index (χ1v) is 13.2. The summed E-state index contributed by atoms with van der Waals surface area (Å²) in [6.45, 7) is 10.4. The van der Waals surface area contributed by atoms with Crippen LogP contribution in [0.1, 0.15) is 35.2 Å². The van der Waals surface area contributed by atoms with Gasteiger partial charge in [-0.2, -0.15) is 10.4 Å². The van der Waals surface area contributed by atoms with Crippen molar-refractivity contribution < 1.29 is 14.3 Å². The summed E-state index contributed by atoms with van der Waals surface area (Å²) in [6, 6.07) is 6.64. The number of ether oxygens (including phenoxy) is 2. The fourth-order valence-electron chi connectivity index (χ4n) is 6.87. The predicted molar refractivity (Wildman–Crippen MR) is 141 cm³/mol. The van der Waals surface area contributed by atoms with Crippen LogP contribution in [-0.2, 0) is 27.3 Å². The normalized spacial score (nSPS) is 23.6. The molecule has 38 heavy (non-hydrogen) atoms. The van der Waals surface area contributed by atoms with Crippen LogP contribution < -0.4 is 4.90 Å². The van der Waals surface area contributed by atoms with Crippen molar-refractivity contribution in [2.75, 3.05) is 44.3 Å². The number of nitrogens with zero attached hydrogens (tertiary/aromatic N) is 5.